The molecule has 1 aromatic heterocycles. The summed E-state index contributed by atoms with van der Waals surface area (Å²) in [4.78, 5) is 3.95. The molecule has 0 bridgehead atoms. The van der Waals surface area contributed by atoms with Crippen LogP contribution in [0.4, 0.5) is 5.69 Å². The molecule has 2 aromatic rings. The number of ether oxygens (including phenoxy) is 2. The zero-order chi connectivity index (χ0) is 13.8. The number of fused-ring (bicyclic) bond motifs is 1. The predicted octanol–water partition coefficient (Wildman–Crippen LogP) is 2.30. The van der Waals surface area contributed by atoms with Crippen LogP contribution in [0.25, 0.3) is 0 Å². The van der Waals surface area contributed by atoms with E-state index in [1.165, 1.54) is 0 Å². The van der Waals surface area contributed by atoms with E-state index in [9.17, 15) is 0 Å². The number of benzene rings is 1. The molecule has 1 aromatic carbocycles. The lowest BCUT2D eigenvalue weighted by Gasteiger charge is -2.10. The number of anilines is 1. The molecule has 1 aliphatic rings. The topological polar surface area (TPSA) is 55.4 Å². The lowest BCUT2D eigenvalue weighted by atomic mass is 10.2. The van der Waals surface area contributed by atoms with Gasteiger partial charge < -0.3 is 20.1 Å². The molecule has 0 fully saturated rings. The second-order valence-electron chi connectivity index (χ2n) is 4.23. The Kier molecular flexibility index (Phi) is 3.64. The maximum atomic E-state index is 5.34. The summed E-state index contributed by atoms with van der Waals surface area (Å²) >= 11 is 5.24. The second kappa shape index (κ2) is 5.75. The van der Waals surface area contributed by atoms with E-state index in [4.69, 9.17) is 21.7 Å². The molecule has 5 nitrogen and oxygen atoms in total. The van der Waals surface area contributed by atoms with Crippen LogP contribution < -0.4 is 20.1 Å². The highest BCUT2D eigenvalue weighted by molar-refractivity contribution is 7.80. The first-order chi connectivity index (χ1) is 9.81. The zero-order valence-corrected chi connectivity index (χ0v) is 11.4. The Morgan fingerprint density at radius 1 is 1.15 bits per heavy atom. The van der Waals surface area contributed by atoms with Gasteiger partial charge in [0.15, 0.2) is 16.6 Å². The highest BCUT2D eigenvalue weighted by atomic mass is 32.1. The van der Waals surface area contributed by atoms with Gasteiger partial charge in [0.05, 0.1) is 0 Å². The van der Waals surface area contributed by atoms with E-state index < -0.39 is 0 Å². The van der Waals surface area contributed by atoms with Gasteiger partial charge in [0.2, 0.25) is 6.79 Å². The summed E-state index contributed by atoms with van der Waals surface area (Å²) in [6, 6.07) is 9.54. The molecule has 1 aliphatic heterocycles. The van der Waals surface area contributed by atoms with Gasteiger partial charge >= 0.3 is 0 Å². The Morgan fingerprint density at radius 3 is 2.80 bits per heavy atom. The van der Waals surface area contributed by atoms with Gasteiger partial charge in [0, 0.05) is 24.6 Å². The van der Waals surface area contributed by atoms with Crippen LogP contribution in [0, 0.1) is 0 Å². The van der Waals surface area contributed by atoms with Gasteiger partial charge in [-0.1, -0.05) is 6.07 Å². The smallest absolute Gasteiger partial charge is 0.231 e. The average Bonchev–Trinajstić information content (AvgIpc) is 2.93. The molecule has 0 amide bonds. The summed E-state index contributed by atoms with van der Waals surface area (Å²) in [5.41, 5.74) is 1.98. The number of thiocarbonyl (C=S) groups is 1. The molecule has 102 valence electrons. The van der Waals surface area contributed by atoms with Crippen LogP contribution in [0.15, 0.2) is 42.7 Å². The van der Waals surface area contributed by atoms with E-state index in [-0.39, 0.29) is 6.79 Å². The molecule has 3 rings (SSSR count). The van der Waals surface area contributed by atoms with Crippen LogP contribution in [0.1, 0.15) is 5.56 Å². The van der Waals surface area contributed by atoms with Crippen molar-refractivity contribution in [3.63, 3.8) is 0 Å². The van der Waals surface area contributed by atoms with Crippen LogP contribution in [0.2, 0.25) is 0 Å². The Balaban J connectivity index is 1.55. The molecule has 6 heteroatoms. The Morgan fingerprint density at radius 2 is 1.95 bits per heavy atom. The summed E-state index contributed by atoms with van der Waals surface area (Å²) in [5.74, 6) is 1.56. The van der Waals surface area contributed by atoms with Crippen LogP contribution in [0.5, 0.6) is 11.5 Å². The van der Waals surface area contributed by atoms with E-state index >= 15 is 0 Å². The summed E-state index contributed by atoms with van der Waals surface area (Å²) < 4.78 is 10.6. The summed E-state index contributed by atoms with van der Waals surface area (Å²) in [6.07, 6.45) is 3.42. The Hall–Kier alpha value is -2.34. The maximum absolute atomic E-state index is 5.34. The number of aromatic nitrogens is 1. The van der Waals surface area contributed by atoms with Crippen molar-refractivity contribution in [1.29, 1.82) is 0 Å². The van der Waals surface area contributed by atoms with Crippen molar-refractivity contribution in [2.75, 3.05) is 12.1 Å². The maximum Gasteiger partial charge on any atom is 0.231 e. The van der Waals surface area contributed by atoms with Gasteiger partial charge in [-0.3, -0.25) is 4.98 Å². The number of rotatable bonds is 3. The van der Waals surface area contributed by atoms with E-state index in [0.29, 0.717) is 11.7 Å². The highest BCUT2D eigenvalue weighted by Gasteiger charge is 2.12. The lowest BCUT2D eigenvalue weighted by Crippen LogP contribution is -2.27. The SMILES string of the molecule is S=C(NCc1ccc2c(c1)OCO2)Nc1ccncc1. The monoisotopic (exact) mass is 287 g/mol. The molecule has 0 atom stereocenters. The normalized spacial score (nSPS) is 12.0. The summed E-state index contributed by atoms with van der Waals surface area (Å²) in [6.45, 7) is 0.905. The van der Waals surface area contributed by atoms with Gasteiger partial charge in [-0.15, -0.1) is 0 Å². The highest BCUT2D eigenvalue weighted by Crippen LogP contribution is 2.32. The van der Waals surface area contributed by atoms with E-state index in [0.717, 1.165) is 22.7 Å². The fourth-order valence-electron chi connectivity index (χ4n) is 1.84. The van der Waals surface area contributed by atoms with E-state index in [1.54, 1.807) is 12.4 Å². The second-order valence-corrected chi connectivity index (χ2v) is 4.64. The van der Waals surface area contributed by atoms with Gasteiger partial charge in [-0.25, -0.2) is 0 Å². The minimum absolute atomic E-state index is 0.286. The third-order valence-corrected chi connectivity index (χ3v) is 3.07. The molecule has 0 saturated heterocycles. The fraction of sp³-hybridized carbons (Fsp3) is 0.143. The molecule has 2 N–H and O–H groups in total. The van der Waals surface area contributed by atoms with Crippen LogP contribution in [0.3, 0.4) is 0 Å². The molecule has 0 radical (unpaired) electrons. The third kappa shape index (κ3) is 2.97. The van der Waals surface area contributed by atoms with Crippen LogP contribution >= 0.6 is 12.2 Å². The van der Waals surface area contributed by atoms with Gasteiger partial charge in [0.25, 0.3) is 0 Å². The first-order valence-electron chi connectivity index (χ1n) is 6.15. The Bertz CT molecular complexity index is 619. The molecule has 0 unspecified atom stereocenters. The van der Waals surface area contributed by atoms with E-state index in [1.807, 2.05) is 30.3 Å². The molecule has 0 spiro atoms. The first kappa shape index (κ1) is 12.7. The van der Waals surface area contributed by atoms with Gasteiger partial charge in [-0.2, -0.15) is 0 Å². The molecular weight excluding hydrogens is 274 g/mol. The van der Waals surface area contributed by atoms with E-state index in [2.05, 4.69) is 15.6 Å². The first-order valence-corrected chi connectivity index (χ1v) is 6.55. The minimum atomic E-state index is 0.286. The van der Waals surface area contributed by atoms with Crippen LogP contribution in [-0.4, -0.2) is 16.9 Å². The molecule has 20 heavy (non-hydrogen) atoms. The summed E-state index contributed by atoms with van der Waals surface area (Å²) in [5, 5.41) is 6.79. The van der Waals surface area contributed by atoms with Crippen molar-refractivity contribution in [2.45, 2.75) is 6.54 Å². The quantitative estimate of drug-likeness (QED) is 0.845. The largest absolute Gasteiger partial charge is 0.454 e. The van der Waals surface area contributed by atoms with Gasteiger partial charge in [0.1, 0.15) is 0 Å². The van der Waals surface area contributed by atoms with Crippen molar-refractivity contribution in [3.8, 4) is 11.5 Å². The number of nitrogens with one attached hydrogen (secondary N) is 2. The standard InChI is InChI=1S/C14H13N3O2S/c20-14(17-11-3-5-15-6-4-11)16-8-10-1-2-12-13(7-10)19-9-18-12/h1-7H,8-9H2,(H2,15,16,17,20). The number of hydrogen-bond donors (Lipinski definition) is 2. The lowest BCUT2D eigenvalue weighted by molar-refractivity contribution is 0.174. The van der Waals surface area contributed by atoms with Crippen molar-refractivity contribution in [3.05, 3.63) is 48.3 Å². The zero-order valence-electron chi connectivity index (χ0n) is 10.6. The Labute approximate surface area is 121 Å². The average molecular weight is 287 g/mol. The molecule has 0 saturated carbocycles. The third-order valence-electron chi connectivity index (χ3n) is 2.83. The van der Waals surface area contributed by atoms with Crippen molar-refractivity contribution >= 4 is 23.0 Å². The molecular formula is C14H13N3O2S. The van der Waals surface area contributed by atoms with Crippen molar-refractivity contribution < 1.29 is 9.47 Å². The van der Waals surface area contributed by atoms with Crippen molar-refractivity contribution in [2.24, 2.45) is 0 Å². The van der Waals surface area contributed by atoms with Gasteiger partial charge in [-0.05, 0) is 42.0 Å². The van der Waals surface area contributed by atoms with Crippen LogP contribution in [-0.2, 0) is 6.54 Å². The molecule has 2 heterocycles. The molecule has 0 aliphatic carbocycles. The fourth-order valence-corrected chi connectivity index (χ4v) is 2.03. The minimum Gasteiger partial charge on any atom is -0.454 e. The summed E-state index contributed by atoms with van der Waals surface area (Å²) in [7, 11) is 0. The number of nitrogens with zero attached hydrogens (tertiary/aromatic N) is 1. The predicted molar refractivity (Wildman–Crippen MR) is 79.9 cm³/mol. The number of pyridine rings is 1. The van der Waals surface area contributed by atoms with Crippen molar-refractivity contribution in [1.82, 2.24) is 10.3 Å². The number of hydrogen-bond acceptors (Lipinski definition) is 4.